The highest BCUT2D eigenvalue weighted by Gasteiger charge is 2.39. The second-order valence-corrected chi connectivity index (χ2v) is 14.7. The summed E-state index contributed by atoms with van der Waals surface area (Å²) in [5, 5.41) is 11.1. The van der Waals surface area contributed by atoms with Crippen LogP contribution in [0.25, 0.3) is 0 Å². The van der Waals surface area contributed by atoms with E-state index in [0.29, 0.717) is 85.6 Å². The summed E-state index contributed by atoms with van der Waals surface area (Å²) < 4.78 is 9.41. The van der Waals surface area contributed by atoms with Crippen molar-refractivity contribution in [1.82, 2.24) is 20.4 Å². The molecule has 0 aliphatic carbocycles. The van der Waals surface area contributed by atoms with Crippen molar-refractivity contribution >= 4 is 70.7 Å². The first kappa shape index (κ1) is 41.9. The zero-order valence-corrected chi connectivity index (χ0v) is 32.6. The second-order valence-electron chi connectivity index (χ2n) is 12.7. The van der Waals surface area contributed by atoms with Gasteiger partial charge in [0.1, 0.15) is 24.2 Å². The molecule has 54 heavy (non-hydrogen) atoms. The van der Waals surface area contributed by atoms with Crippen LogP contribution in [-0.4, -0.2) is 121 Å². The van der Waals surface area contributed by atoms with Crippen LogP contribution in [0.2, 0.25) is 0 Å². The highest BCUT2D eigenvalue weighted by Crippen LogP contribution is 2.24. The molecule has 0 bridgehead atoms. The molecule has 6 amide bonds. The van der Waals surface area contributed by atoms with E-state index in [1.54, 1.807) is 59.9 Å². The van der Waals surface area contributed by atoms with E-state index in [-0.39, 0.29) is 23.6 Å². The predicted octanol–water partition coefficient (Wildman–Crippen LogP) is 3.90. The van der Waals surface area contributed by atoms with Crippen LogP contribution in [0.5, 0.6) is 0 Å². The number of amides is 6. The molecule has 0 spiro atoms. The summed E-state index contributed by atoms with van der Waals surface area (Å²) in [5.41, 5.74) is 2.31. The number of methoxy groups -OCH3 is 2. The van der Waals surface area contributed by atoms with Crippen molar-refractivity contribution in [1.29, 1.82) is 0 Å². The van der Waals surface area contributed by atoms with E-state index >= 15 is 0 Å². The summed E-state index contributed by atoms with van der Waals surface area (Å²) in [6.07, 6.45) is 5.56. The van der Waals surface area contributed by atoms with Crippen LogP contribution in [0, 0.1) is 11.8 Å². The van der Waals surface area contributed by atoms with Crippen molar-refractivity contribution in [2.24, 2.45) is 0 Å². The third kappa shape index (κ3) is 11.8. The molecule has 0 radical (unpaired) electrons. The first-order valence-electron chi connectivity index (χ1n) is 17.7. The average Bonchev–Trinajstić information content (AvgIpc) is 3.88. The molecule has 2 aromatic rings. The number of benzene rings is 2. The molecule has 4 rings (SSSR count). The molecule has 0 aromatic heterocycles. The van der Waals surface area contributed by atoms with Gasteiger partial charge >= 0.3 is 12.2 Å². The maximum Gasteiger partial charge on any atom is 0.407 e. The summed E-state index contributed by atoms with van der Waals surface area (Å²) >= 11 is 3.11. The van der Waals surface area contributed by atoms with Gasteiger partial charge in [-0.15, -0.1) is 0 Å². The van der Waals surface area contributed by atoms with E-state index in [2.05, 4.69) is 33.1 Å². The van der Waals surface area contributed by atoms with Gasteiger partial charge in [0.15, 0.2) is 0 Å². The molecule has 2 aliphatic rings. The molecule has 2 heterocycles. The molecule has 0 saturated carbocycles. The smallest absolute Gasteiger partial charge is 0.407 e. The molecular formula is C38H48N6O8S2. The summed E-state index contributed by atoms with van der Waals surface area (Å²) in [7, 11) is 2.48. The lowest BCUT2D eigenvalue weighted by Crippen LogP contribution is -2.52. The van der Waals surface area contributed by atoms with Crippen LogP contribution in [0.1, 0.15) is 49.7 Å². The van der Waals surface area contributed by atoms with Crippen LogP contribution < -0.4 is 21.3 Å². The number of nitrogens with one attached hydrogen (secondary N) is 4. The molecular weight excluding hydrogens is 733 g/mol. The minimum absolute atomic E-state index is 0.317. The van der Waals surface area contributed by atoms with Crippen molar-refractivity contribution in [2.75, 3.05) is 62.0 Å². The van der Waals surface area contributed by atoms with Gasteiger partial charge in [0, 0.05) is 35.6 Å². The quantitative estimate of drug-likeness (QED) is 0.206. The minimum Gasteiger partial charge on any atom is -0.453 e. The van der Waals surface area contributed by atoms with E-state index in [4.69, 9.17) is 9.47 Å². The maximum absolute atomic E-state index is 13.4. The van der Waals surface area contributed by atoms with Gasteiger partial charge < -0.3 is 40.5 Å². The number of carbonyl (C=O) groups excluding carboxylic acids is 6. The Kier molecular flexibility index (Phi) is 16.4. The van der Waals surface area contributed by atoms with E-state index in [0.717, 1.165) is 0 Å². The summed E-state index contributed by atoms with van der Waals surface area (Å²) in [5.74, 6) is 6.22. The van der Waals surface area contributed by atoms with Gasteiger partial charge in [-0.3, -0.25) is 19.2 Å². The number of ether oxygens (including phenoxy) is 2. The predicted molar refractivity (Wildman–Crippen MR) is 210 cm³/mol. The third-order valence-electron chi connectivity index (χ3n) is 9.06. The number of anilines is 2. The van der Waals surface area contributed by atoms with E-state index in [9.17, 15) is 28.8 Å². The van der Waals surface area contributed by atoms with Crippen molar-refractivity contribution in [2.45, 2.75) is 62.7 Å². The number of alkyl carbamates (subject to hydrolysis) is 2. The third-order valence-corrected chi connectivity index (χ3v) is 10.3. The fraction of sp³-hybridized carbons (Fsp3) is 0.474. The Hall–Kier alpha value is -4.88. The SMILES string of the molecule is COC(=O)N[C@@H](CCSC)C(=O)N1CCC[C@H]1C(=O)Nc1cccc(C#Cc2cccc(NC(=O)[C@@H]3CCCN3C(=O)[C@H](CCSC)NC(=O)OC)c2)c1. The van der Waals surface area contributed by atoms with Gasteiger partial charge in [0.05, 0.1) is 14.2 Å². The number of thioether (sulfide) groups is 2. The number of hydrogen-bond acceptors (Lipinski definition) is 10. The Balaban J connectivity index is 1.39. The first-order chi connectivity index (χ1) is 26.1. The van der Waals surface area contributed by atoms with Crippen molar-refractivity contribution in [3.63, 3.8) is 0 Å². The van der Waals surface area contributed by atoms with Crippen molar-refractivity contribution < 1.29 is 38.2 Å². The number of carbonyl (C=O) groups is 6. The fourth-order valence-corrected chi connectivity index (χ4v) is 7.28. The molecule has 2 fully saturated rings. The molecule has 2 aliphatic heterocycles. The van der Waals surface area contributed by atoms with Crippen LogP contribution >= 0.6 is 23.5 Å². The largest absolute Gasteiger partial charge is 0.453 e. The number of hydrogen-bond donors (Lipinski definition) is 4. The number of nitrogens with zero attached hydrogens (tertiary/aromatic N) is 2. The standard InChI is InChI=1S/C38H48N6O8S2/c1-51-37(49)41-29(17-21-53-3)35(47)43-19-7-13-31(43)33(45)39-27-11-5-9-25(23-27)15-16-26-10-6-12-28(24-26)40-34(46)32-14-8-20-44(32)36(48)30(18-22-54-4)42-38(50)52-2/h5-6,9-12,23-24,29-32H,7-8,13-14,17-22H2,1-4H3,(H,39,45)(H,40,46)(H,41,49)(H,42,50)/t29-,30-,31-,32-/m0/s1. The topological polar surface area (TPSA) is 175 Å². The van der Waals surface area contributed by atoms with E-state index < -0.39 is 36.4 Å². The monoisotopic (exact) mass is 780 g/mol. The van der Waals surface area contributed by atoms with Crippen LogP contribution in [0.4, 0.5) is 21.0 Å². The Bertz CT molecular complexity index is 1610. The highest BCUT2D eigenvalue weighted by molar-refractivity contribution is 7.98. The average molecular weight is 781 g/mol. The summed E-state index contributed by atoms with van der Waals surface area (Å²) in [4.78, 5) is 80.5. The van der Waals surface area contributed by atoms with Crippen molar-refractivity contribution in [3.8, 4) is 11.8 Å². The normalized spacial score (nSPS) is 17.3. The Morgan fingerprint density at radius 2 is 1.11 bits per heavy atom. The van der Waals surface area contributed by atoms with Gasteiger partial charge in [-0.25, -0.2) is 9.59 Å². The molecule has 0 unspecified atom stereocenters. The lowest BCUT2D eigenvalue weighted by atomic mass is 10.1. The van der Waals surface area contributed by atoms with E-state index in [1.807, 2.05) is 24.6 Å². The van der Waals surface area contributed by atoms with E-state index in [1.165, 1.54) is 24.0 Å². The second kappa shape index (κ2) is 21.1. The van der Waals surface area contributed by atoms with Gasteiger partial charge in [0.25, 0.3) is 0 Å². The fourth-order valence-electron chi connectivity index (χ4n) is 6.34. The Labute approximate surface area is 324 Å². The molecule has 4 N–H and O–H groups in total. The van der Waals surface area contributed by atoms with Gasteiger partial charge in [-0.05, 0) is 98.9 Å². The number of rotatable bonds is 14. The highest BCUT2D eigenvalue weighted by atomic mass is 32.2. The van der Waals surface area contributed by atoms with Gasteiger partial charge in [-0.1, -0.05) is 24.0 Å². The number of likely N-dealkylation sites (tertiary alicyclic amines) is 2. The van der Waals surface area contributed by atoms with Gasteiger partial charge in [-0.2, -0.15) is 23.5 Å². The summed E-state index contributed by atoms with van der Waals surface area (Å²) in [6, 6.07) is 11.2. The van der Waals surface area contributed by atoms with Gasteiger partial charge in [0.2, 0.25) is 23.6 Å². The van der Waals surface area contributed by atoms with Crippen LogP contribution in [0.15, 0.2) is 48.5 Å². The lowest BCUT2D eigenvalue weighted by molar-refractivity contribution is -0.138. The first-order valence-corrected chi connectivity index (χ1v) is 20.5. The lowest BCUT2D eigenvalue weighted by Gasteiger charge is -2.28. The van der Waals surface area contributed by atoms with Crippen LogP contribution in [0.3, 0.4) is 0 Å². The molecule has 290 valence electrons. The van der Waals surface area contributed by atoms with Crippen molar-refractivity contribution in [3.05, 3.63) is 59.7 Å². The molecule has 4 atom stereocenters. The zero-order valence-electron chi connectivity index (χ0n) is 31.0. The molecule has 2 saturated heterocycles. The Morgan fingerprint density at radius 3 is 1.48 bits per heavy atom. The maximum atomic E-state index is 13.4. The molecule has 16 heteroatoms. The zero-order chi connectivity index (χ0) is 39.0. The molecule has 2 aromatic carbocycles. The Morgan fingerprint density at radius 1 is 0.704 bits per heavy atom. The summed E-state index contributed by atoms with van der Waals surface area (Å²) in [6.45, 7) is 0.815. The minimum atomic E-state index is -0.797. The van der Waals surface area contributed by atoms with Crippen LogP contribution in [-0.2, 0) is 28.7 Å². The molecule has 14 nitrogen and oxygen atoms in total.